The van der Waals surface area contributed by atoms with E-state index in [1.807, 2.05) is 163 Å². The molecule has 10 rings (SSSR count). The predicted molar refractivity (Wildman–Crippen MR) is 460 cm³/mol. The van der Waals surface area contributed by atoms with E-state index in [4.69, 9.17) is 53.9 Å². The number of nitriles is 1. The quantitative estimate of drug-likeness (QED) is 0.0155. The first-order valence-electron chi connectivity index (χ1n) is 41.3. The van der Waals surface area contributed by atoms with Gasteiger partial charge in [0.25, 0.3) is 6.26 Å². The van der Waals surface area contributed by atoms with E-state index in [-0.39, 0.29) is 124 Å². The number of nitrogens with zero attached hydrogens (tertiary/aromatic N) is 9. The van der Waals surface area contributed by atoms with E-state index in [2.05, 4.69) is 72.3 Å². The van der Waals surface area contributed by atoms with Gasteiger partial charge >= 0.3 is 11.9 Å². The number of aryl methyl sites for hydroxylation is 1. The fourth-order valence-electron chi connectivity index (χ4n) is 19.6. The predicted octanol–water partition coefficient (Wildman–Crippen LogP) is 16.6. The molecule has 3 heterocycles. The largest absolute Gasteiger partial charge is 0.444 e. The maximum atomic E-state index is 13.0. The van der Waals surface area contributed by atoms with Gasteiger partial charge in [-0.1, -0.05) is 172 Å². The van der Waals surface area contributed by atoms with Gasteiger partial charge < -0.3 is 25.1 Å². The number of likely N-dealkylation sites (N-methyl/N-ethyl adjacent to an activating group) is 1. The van der Waals surface area contributed by atoms with Crippen molar-refractivity contribution in [2.24, 2.45) is 60.0 Å². The van der Waals surface area contributed by atoms with Gasteiger partial charge in [-0.05, 0) is 234 Å². The van der Waals surface area contributed by atoms with Crippen molar-refractivity contribution >= 4 is 82.7 Å². The fourth-order valence-corrected chi connectivity index (χ4v) is 19.9. The summed E-state index contributed by atoms with van der Waals surface area (Å²) in [6.45, 7) is 42.4. The van der Waals surface area contributed by atoms with Crippen LogP contribution in [-0.4, -0.2) is 173 Å². The van der Waals surface area contributed by atoms with E-state index in [0.717, 1.165) is 75.3 Å². The van der Waals surface area contributed by atoms with Crippen LogP contribution in [0.4, 0.5) is 0 Å². The minimum Gasteiger partial charge on any atom is -0.444 e. The number of hydrogen-bond acceptors (Lipinski definition) is 21. The molecule has 6 atom stereocenters. The van der Waals surface area contributed by atoms with E-state index in [1.165, 1.54) is 18.6 Å². The van der Waals surface area contributed by atoms with Crippen molar-refractivity contribution in [1.29, 1.82) is 5.26 Å². The molecule has 3 N–H and O–H groups in total. The lowest BCUT2D eigenvalue weighted by molar-refractivity contribution is -0.159. The third-order valence-electron chi connectivity index (χ3n) is 24.8. The molecule has 6 unspecified atom stereocenters. The van der Waals surface area contributed by atoms with E-state index in [9.17, 15) is 47.9 Å². The van der Waals surface area contributed by atoms with Gasteiger partial charge in [0.2, 0.25) is 29.9 Å². The highest BCUT2D eigenvalue weighted by molar-refractivity contribution is 6.18. The van der Waals surface area contributed by atoms with Crippen molar-refractivity contribution in [3.05, 3.63) is 143 Å². The van der Waals surface area contributed by atoms with Gasteiger partial charge in [-0.15, -0.1) is 0 Å². The molecule has 0 bridgehead atoms. The number of isocyanates is 2. The number of hydrogen-bond donors (Lipinski definition) is 2. The average Bonchev–Trinajstić information content (AvgIpc) is 1.60. The van der Waals surface area contributed by atoms with Gasteiger partial charge in [0.1, 0.15) is 41.5 Å². The number of Topliss-reactive ketones (excluding diaryl/α,β-unsaturated/α-hetero) is 1. The fraction of sp³-hybridized carbons (Fsp3) is 0.624. The molecule has 0 radical (unpaired) electrons. The number of aliphatic imine (C=N–C) groups is 2. The van der Waals surface area contributed by atoms with Crippen molar-refractivity contribution in [3.63, 3.8) is 0 Å². The first-order valence-corrected chi connectivity index (χ1v) is 42.0. The summed E-state index contributed by atoms with van der Waals surface area (Å²) >= 11 is 12.4. The van der Waals surface area contributed by atoms with Crippen LogP contribution in [0.3, 0.4) is 0 Å². The van der Waals surface area contributed by atoms with Crippen LogP contribution in [0.25, 0.3) is 0 Å². The van der Waals surface area contributed by atoms with Gasteiger partial charge in [0, 0.05) is 59.9 Å². The molecule has 4 aromatic rings. The van der Waals surface area contributed by atoms with Crippen molar-refractivity contribution in [3.8, 4) is 6.26 Å². The zero-order valence-electron chi connectivity index (χ0n) is 74.6. The number of ketones is 3. The number of rotatable bonds is 25. The Morgan fingerprint density at radius 1 is 0.504 bits per heavy atom. The molecule has 6 fully saturated rings. The van der Waals surface area contributed by atoms with Crippen LogP contribution in [0.15, 0.2) is 119 Å². The number of halogens is 2. The topological polar surface area (TPSA) is 313 Å². The summed E-state index contributed by atoms with van der Waals surface area (Å²) in [5.74, 6) is -0.397. The number of amides is 3. The molecule has 24 nitrogen and oxygen atoms in total. The number of carbonyl (C=O) groups excluding carboxylic acids is 10. The third kappa shape index (κ3) is 25.9. The number of aliphatic hydroxyl groups excluding tert-OH is 1. The molecule has 652 valence electrons. The number of benzene rings is 4. The van der Waals surface area contributed by atoms with Gasteiger partial charge in [0.15, 0.2) is 25.0 Å². The van der Waals surface area contributed by atoms with Crippen LogP contribution >= 0.6 is 23.6 Å². The van der Waals surface area contributed by atoms with Crippen molar-refractivity contribution < 1.29 is 67.3 Å². The lowest BCUT2D eigenvalue weighted by Gasteiger charge is -2.47. The van der Waals surface area contributed by atoms with Gasteiger partial charge in [-0.2, -0.15) is 14.1 Å². The van der Waals surface area contributed by atoms with E-state index in [1.54, 1.807) is 64.9 Å². The number of aliphatic hydroxyl groups is 1. The number of nitrogens with two attached hydrogens (primary N) is 1. The third-order valence-corrected chi connectivity index (χ3v) is 26.5. The Kier molecular flexibility index (Phi) is 33.5. The highest BCUT2D eigenvalue weighted by atomic mass is 35.5. The highest BCUT2D eigenvalue weighted by Crippen LogP contribution is 2.54. The Morgan fingerprint density at radius 3 is 1.30 bits per heavy atom. The van der Waals surface area contributed by atoms with Crippen molar-refractivity contribution in [2.75, 3.05) is 40.4 Å². The maximum Gasteiger partial charge on any atom is 0.307 e. The summed E-state index contributed by atoms with van der Waals surface area (Å²) in [7, 11) is 1.92. The van der Waals surface area contributed by atoms with E-state index >= 15 is 0 Å². The molecule has 26 heteroatoms. The molecule has 3 saturated carbocycles. The van der Waals surface area contributed by atoms with E-state index < -0.39 is 33.6 Å². The zero-order chi connectivity index (χ0) is 89.5. The SMILES string of the molecule is CC1(C)C(=O)N(CO)C(C)(C)N1Cl.CC1(C)CC(CC(=O)OCN2C(=O)C(C)(C)N(Cl)C2(C)C)CC(C)(CN=C=O)C1.CC1(C)CC(N=C=O)CC(C)(COC#N)C1.CN1C(C)(C)C(=O)N(COC(=O)CC2CC(C)(C)CC(C)(CCC(=O)CCc3ccc(C(=O)c4ccccc4)cc3)C2)C1(C)C.NCc1ccc(C(=O)c2ccccc2)cc1. The Bertz CT molecular complexity index is 4340. The minimum atomic E-state index is -0.869. The summed E-state index contributed by atoms with van der Waals surface area (Å²) in [5, 5.41) is 17.5. The zero-order valence-corrected chi connectivity index (χ0v) is 76.1. The van der Waals surface area contributed by atoms with Crippen LogP contribution in [0.1, 0.15) is 278 Å². The Labute approximate surface area is 716 Å². The average molecular weight is 1690 g/mol. The Hall–Kier alpha value is -8.33. The summed E-state index contributed by atoms with van der Waals surface area (Å²) < 4.78 is 19.0. The minimum absolute atomic E-state index is 0.00374. The van der Waals surface area contributed by atoms with Gasteiger partial charge in [0.05, 0.1) is 23.8 Å². The molecular weight excluding hydrogens is 1550 g/mol. The standard InChI is InChI=1S/C38H52N2O5.C21H34ClN3O4.C14H13NO.C12H18N2O2.C8H15ClN2O2/c1-35(2)23-28(22-32(42)45-26-40-34(44)36(3,4)39(8)37(40,5)6)24-38(7,25-35)21-20-31(41)19-16-27-14-17-30(18-15-27)33(43)29-12-10-9-11-13-29;1-18(2)9-15(10-21(7,11-18)12-23-13-26)8-16(27)29-14-24-17(28)19(3,4)25(22)20(24,5)6;15-10-11-6-8-13(9-7-11)14(16)12-4-2-1-3-5-12;1-11(2)4-10(14-9-15)5-12(3,6-11)7-16-8-13;1-7(2)6(13)10(5-12)8(3,4)11(7)9/h9-15,17-18,28H,16,19-26H2,1-8H3;15H,8-12,14H2,1-7H3;1-9H,10,15H2;10H,4-7H2,1-3H3;12H,5H2,1-4H3. The molecule has 4 aromatic carbocycles. The molecule has 0 aromatic heterocycles. The summed E-state index contributed by atoms with van der Waals surface area (Å²) in [6.07, 6.45) is 16.1. The number of ether oxygens (including phenoxy) is 3. The smallest absolute Gasteiger partial charge is 0.307 e. The Morgan fingerprint density at radius 2 is 0.908 bits per heavy atom. The molecular formula is C93H132Cl2N10O14. The van der Waals surface area contributed by atoms with Gasteiger partial charge in [-0.3, -0.25) is 58.0 Å². The van der Waals surface area contributed by atoms with Crippen LogP contribution in [0.2, 0.25) is 0 Å². The monoisotopic (exact) mass is 1680 g/mol. The van der Waals surface area contributed by atoms with Crippen LogP contribution in [0.5, 0.6) is 0 Å². The normalized spacial score (nSPS) is 25.2. The summed E-state index contributed by atoms with van der Waals surface area (Å²) in [6, 6.07) is 33.5. The highest BCUT2D eigenvalue weighted by Gasteiger charge is 2.59. The second-order valence-electron chi connectivity index (χ2n) is 39.9. The number of carbonyl (C=O) groups is 8. The van der Waals surface area contributed by atoms with Crippen LogP contribution < -0.4 is 5.73 Å². The van der Waals surface area contributed by atoms with Crippen molar-refractivity contribution in [2.45, 2.75) is 288 Å². The first-order chi connectivity index (χ1) is 55.1. The lowest BCUT2D eigenvalue weighted by Crippen LogP contribution is -2.50. The van der Waals surface area contributed by atoms with Crippen LogP contribution in [-0.2, 0) is 65.5 Å². The second kappa shape index (κ2) is 40.1. The molecule has 3 aliphatic carbocycles. The second-order valence-corrected chi connectivity index (χ2v) is 40.6. The maximum absolute atomic E-state index is 13.0. The molecule has 0 spiro atoms. The molecule has 3 saturated heterocycles. The molecule has 3 aliphatic heterocycles. The van der Waals surface area contributed by atoms with Crippen molar-refractivity contribution in [1.82, 2.24) is 28.4 Å². The van der Waals surface area contributed by atoms with Gasteiger partial charge in [-0.25, -0.2) is 19.6 Å². The van der Waals surface area contributed by atoms with Crippen LogP contribution in [0, 0.1) is 55.8 Å². The summed E-state index contributed by atoms with van der Waals surface area (Å²) in [5.41, 5.74) is 6.03. The number of esters is 2. The molecule has 3 amide bonds. The molecule has 119 heavy (non-hydrogen) atoms. The Balaban J connectivity index is 0.000000252. The first kappa shape index (κ1) is 99.5. The summed E-state index contributed by atoms with van der Waals surface area (Å²) in [4.78, 5) is 136. The van der Waals surface area contributed by atoms with E-state index in [0.29, 0.717) is 67.6 Å². The molecule has 6 aliphatic rings. The lowest BCUT2D eigenvalue weighted by atomic mass is 9.58.